The van der Waals surface area contributed by atoms with Crippen molar-refractivity contribution < 1.29 is 44.3 Å². The molecule has 0 saturated heterocycles. The number of rotatable bonds is 28. The molecule has 0 aliphatic carbocycles. The van der Waals surface area contributed by atoms with E-state index in [1.807, 2.05) is 128 Å². The SMILES string of the molecule is CCCC[C@H](N)C(=O)N(Cc1cccs1)Cc1cccs1.CCCC[C@H](NC(=O)CC(CC(=O)O)c1ccccc1)C(=O)N(Cc1cccs1)Cc1cccs1.O=C(O)CC(CCOO)c1ccccc1. The Morgan fingerprint density at radius 2 is 0.958 bits per heavy atom. The summed E-state index contributed by atoms with van der Waals surface area (Å²) in [6, 6.07) is 33.7. The average Bonchev–Trinajstić information content (AvgIpc) is 4.25. The third-order valence-corrected chi connectivity index (χ3v) is 14.8. The van der Waals surface area contributed by atoms with Crippen molar-refractivity contribution in [3.63, 3.8) is 0 Å². The lowest BCUT2D eigenvalue weighted by molar-refractivity contribution is -0.243. The van der Waals surface area contributed by atoms with Crippen molar-refractivity contribution in [1.29, 1.82) is 0 Å². The molecular weight excluding hydrogens is 977 g/mol. The molecule has 0 aliphatic rings. The van der Waals surface area contributed by atoms with Gasteiger partial charge in [-0.2, -0.15) is 0 Å². The third-order valence-electron chi connectivity index (χ3n) is 11.4. The number of nitrogens with one attached hydrogen (secondary N) is 1. The molecule has 3 amide bonds. The number of amides is 3. The summed E-state index contributed by atoms with van der Waals surface area (Å²) in [5.74, 6) is -2.72. The van der Waals surface area contributed by atoms with E-state index in [1.54, 1.807) is 45.3 Å². The first-order chi connectivity index (χ1) is 34.4. The molecule has 0 bridgehead atoms. The number of benzene rings is 2. The number of unbranched alkanes of at least 4 members (excludes halogenated alkanes) is 2. The number of carbonyl (C=O) groups excluding carboxylic acids is 3. The molecule has 382 valence electrons. The van der Waals surface area contributed by atoms with Crippen LogP contribution in [0.25, 0.3) is 0 Å². The third kappa shape index (κ3) is 22.2. The van der Waals surface area contributed by atoms with Crippen molar-refractivity contribution >= 4 is 75.0 Å². The molecule has 6 N–H and O–H groups in total. The Hall–Kier alpha value is -5.53. The number of hydrogen-bond donors (Lipinski definition) is 5. The molecule has 2 aromatic carbocycles. The fraction of sp³-hybridized carbons (Fsp3) is 0.389. The van der Waals surface area contributed by atoms with Crippen molar-refractivity contribution in [2.24, 2.45) is 5.73 Å². The van der Waals surface area contributed by atoms with Crippen LogP contribution in [0.15, 0.2) is 131 Å². The Labute approximate surface area is 433 Å². The highest BCUT2D eigenvalue weighted by atomic mass is 32.1. The van der Waals surface area contributed by atoms with E-state index in [1.165, 1.54) is 9.75 Å². The van der Waals surface area contributed by atoms with Gasteiger partial charge in [0.2, 0.25) is 17.7 Å². The van der Waals surface area contributed by atoms with Gasteiger partial charge in [-0.05, 0) is 82.1 Å². The second-order valence-corrected chi connectivity index (χ2v) is 21.1. The van der Waals surface area contributed by atoms with Crippen molar-refractivity contribution in [2.75, 3.05) is 6.61 Å². The van der Waals surface area contributed by atoms with E-state index < -0.39 is 23.9 Å². The topological polar surface area (TPSA) is 200 Å². The molecule has 71 heavy (non-hydrogen) atoms. The van der Waals surface area contributed by atoms with E-state index in [0.717, 1.165) is 53.0 Å². The summed E-state index contributed by atoms with van der Waals surface area (Å²) < 4.78 is 0. The van der Waals surface area contributed by atoms with Crippen LogP contribution in [0, 0.1) is 0 Å². The molecule has 0 spiro atoms. The summed E-state index contributed by atoms with van der Waals surface area (Å²) in [6.45, 7) is 6.58. The van der Waals surface area contributed by atoms with Crippen molar-refractivity contribution in [3.8, 4) is 0 Å². The highest BCUT2D eigenvalue weighted by Crippen LogP contribution is 2.26. The Balaban J connectivity index is 0.000000257. The first-order valence-corrected chi connectivity index (χ1v) is 27.4. The number of aliphatic carboxylic acids is 2. The zero-order valence-corrected chi connectivity index (χ0v) is 43.8. The lowest BCUT2D eigenvalue weighted by Gasteiger charge is -2.28. The number of hydrogen-bond acceptors (Lipinski definition) is 12. The molecule has 6 aromatic rings. The molecule has 4 aromatic heterocycles. The largest absolute Gasteiger partial charge is 0.481 e. The molecule has 4 atom stereocenters. The highest BCUT2D eigenvalue weighted by Gasteiger charge is 2.28. The number of nitrogens with zero attached hydrogens (tertiary/aromatic N) is 2. The number of nitrogens with two attached hydrogens (primary N) is 1. The number of carbonyl (C=O) groups is 5. The minimum atomic E-state index is -0.955. The van der Waals surface area contributed by atoms with E-state index >= 15 is 0 Å². The van der Waals surface area contributed by atoms with Gasteiger partial charge >= 0.3 is 11.9 Å². The lowest BCUT2D eigenvalue weighted by atomic mass is 9.92. The van der Waals surface area contributed by atoms with E-state index in [-0.39, 0.29) is 55.6 Å². The molecular formula is C54H68N4O9S4. The van der Waals surface area contributed by atoms with Gasteiger partial charge in [0.05, 0.1) is 51.7 Å². The highest BCUT2D eigenvalue weighted by molar-refractivity contribution is 7.10. The number of carboxylic acid groups (broad SMARTS) is 2. The van der Waals surface area contributed by atoms with Crippen LogP contribution in [-0.4, -0.2) is 73.6 Å². The van der Waals surface area contributed by atoms with E-state index in [9.17, 15) is 29.1 Å². The Kier molecular flexibility index (Phi) is 27.1. The monoisotopic (exact) mass is 1040 g/mol. The smallest absolute Gasteiger partial charge is 0.303 e. The standard InChI is InChI=1S/C27H32N2O4S2.C16H22N2OS2.C11H14O4/c1-2-3-13-24(28-25(30)16-21(17-26(31)32)20-9-5-4-6-10-20)27(33)29(18-22-11-7-14-34-22)19-23-12-8-15-35-23;1-2-3-8-15(17)16(19)18(11-13-6-4-9-20-13)12-14-7-5-10-21-14;12-11(13)8-10(6-7-15-14)9-4-2-1-3-5-9/h4-12,14-15,21,24H,2-3,13,16-19H2,1H3,(H,28,30)(H,31,32);4-7,9-10,15H,2-3,8,11-12,17H2,1H3;1-5,10,14H,6-8H2,(H,12,13)/t21?,24-;15-;/m00./s1. The van der Waals surface area contributed by atoms with Gasteiger partial charge in [-0.25, -0.2) is 4.89 Å². The van der Waals surface area contributed by atoms with Gasteiger partial charge in [0.25, 0.3) is 0 Å². The van der Waals surface area contributed by atoms with Gasteiger partial charge in [-0.15, -0.1) is 45.3 Å². The predicted molar refractivity (Wildman–Crippen MR) is 285 cm³/mol. The fourth-order valence-corrected chi connectivity index (χ4v) is 10.6. The first-order valence-electron chi connectivity index (χ1n) is 23.9. The molecule has 0 aliphatic heterocycles. The molecule has 0 fully saturated rings. The summed E-state index contributed by atoms with van der Waals surface area (Å²) >= 11 is 6.57. The summed E-state index contributed by atoms with van der Waals surface area (Å²) in [5, 5.41) is 37.4. The van der Waals surface area contributed by atoms with Crippen molar-refractivity contribution in [3.05, 3.63) is 161 Å². The summed E-state index contributed by atoms with van der Waals surface area (Å²) in [6.07, 6.45) is 5.49. The van der Waals surface area contributed by atoms with Crippen molar-refractivity contribution in [1.82, 2.24) is 15.1 Å². The van der Waals surface area contributed by atoms with Crippen LogP contribution in [0.3, 0.4) is 0 Å². The van der Waals surface area contributed by atoms with Crippen LogP contribution in [0.4, 0.5) is 0 Å². The van der Waals surface area contributed by atoms with Gasteiger partial charge in [0.15, 0.2) is 0 Å². The van der Waals surface area contributed by atoms with Gasteiger partial charge in [0.1, 0.15) is 6.04 Å². The zero-order valence-electron chi connectivity index (χ0n) is 40.5. The number of thiophene rings is 4. The lowest BCUT2D eigenvalue weighted by Crippen LogP contribution is -2.48. The van der Waals surface area contributed by atoms with Crippen molar-refractivity contribution in [2.45, 2.75) is 128 Å². The van der Waals surface area contributed by atoms with Gasteiger partial charge in [-0.1, -0.05) is 124 Å². The molecule has 6 rings (SSSR count). The van der Waals surface area contributed by atoms with Crippen LogP contribution in [-0.2, 0) is 55.0 Å². The molecule has 2 unspecified atom stereocenters. The Morgan fingerprint density at radius 3 is 1.35 bits per heavy atom. The molecule has 13 nitrogen and oxygen atoms in total. The molecule has 4 heterocycles. The maximum absolute atomic E-state index is 13.7. The van der Waals surface area contributed by atoms with E-state index in [2.05, 4.69) is 36.2 Å². The minimum Gasteiger partial charge on any atom is -0.481 e. The van der Waals surface area contributed by atoms with E-state index in [4.69, 9.17) is 16.1 Å². The van der Waals surface area contributed by atoms with Crippen LogP contribution in [0.2, 0.25) is 0 Å². The van der Waals surface area contributed by atoms with Gasteiger partial charge in [0, 0.05) is 31.8 Å². The summed E-state index contributed by atoms with van der Waals surface area (Å²) in [7, 11) is 0. The van der Waals surface area contributed by atoms with Crippen LogP contribution < -0.4 is 11.1 Å². The predicted octanol–water partition coefficient (Wildman–Crippen LogP) is 11.6. The summed E-state index contributed by atoms with van der Waals surface area (Å²) in [4.78, 5) is 73.7. The molecule has 0 saturated carbocycles. The first kappa shape index (κ1) is 58.0. The van der Waals surface area contributed by atoms with E-state index in [0.29, 0.717) is 39.0 Å². The van der Waals surface area contributed by atoms with Gasteiger partial charge in [-0.3, -0.25) is 29.2 Å². The normalized spacial score (nSPS) is 12.5. The minimum absolute atomic E-state index is 0.0159. The average molecular weight is 1050 g/mol. The second kappa shape index (κ2) is 33.2. The van der Waals surface area contributed by atoms with Crippen LogP contribution in [0.1, 0.15) is 121 Å². The maximum Gasteiger partial charge on any atom is 0.303 e. The van der Waals surface area contributed by atoms with Crippen LogP contribution in [0.5, 0.6) is 0 Å². The van der Waals surface area contributed by atoms with Gasteiger partial charge < -0.3 is 31.1 Å². The molecule has 0 radical (unpaired) electrons. The maximum atomic E-state index is 13.7. The quantitative estimate of drug-likeness (QED) is 0.0233. The summed E-state index contributed by atoms with van der Waals surface area (Å²) in [5.41, 5.74) is 7.84. The van der Waals surface area contributed by atoms with Crippen LogP contribution >= 0.6 is 45.3 Å². The Bertz CT molecular complexity index is 2290. The molecule has 17 heteroatoms. The fourth-order valence-electron chi connectivity index (χ4n) is 7.69. The Morgan fingerprint density at radius 1 is 0.549 bits per heavy atom. The zero-order chi connectivity index (χ0) is 51.2. The second-order valence-electron chi connectivity index (χ2n) is 17.0. The number of carboxylic acids is 2.